The van der Waals surface area contributed by atoms with E-state index >= 15 is 0 Å². The van der Waals surface area contributed by atoms with E-state index in [1.165, 1.54) is 38.1 Å². The Morgan fingerprint density at radius 3 is 1.39 bits per heavy atom. The number of para-hydroxylation sites is 3. The van der Waals surface area contributed by atoms with Crippen molar-refractivity contribution in [3.63, 3.8) is 0 Å². The molecule has 9 aromatic carbocycles. The Balaban J connectivity index is 0.858. The van der Waals surface area contributed by atoms with Crippen molar-refractivity contribution in [3.05, 3.63) is 230 Å². The van der Waals surface area contributed by atoms with Crippen LogP contribution in [0.15, 0.2) is 224 Å². The van der Waals surface area contributed by atoms with E-state index in [1.54, 1.807) is 0 Å². The third kappa shape index (κ3) is 6.24. The van der Waals surface area contributed by atoms with E-state index in [9.17, 15) is 5.26 Å². The number of rotatable bonds is 7. The number of hydrogen-bond acceptors (Lipinski definition) is 3. The molecule has 3 aromatic heterocycles. The SMILES string of the molecule is N#Cc1cc(-c2cc(-c3ccccc3)nc(-c3ccccc3)n2)ccc1-c1ccc(-c2ccc(-n3c4ccccc4c4cc(-n5c6ccccc6c6ccccc65)ccc43)cc2)cc1. The molecule has 0 saturated carbocycles. The minimum Gasteiger partial charge on any atom is -0.309 e. The summed E-state index contributed by atoms with van der Waals surface area (Å²) >= 11 is 0. The van der Waals surface area contributed by atoms with Crippen molar-refractivity contribution in [3.8, 4) is 73.6 Å². The molecule has 0 radical (unpaired) electrons. The van der Waals surface area contributed by atoms with Gasteiger partial charge in [0.1, 0.15) is 0 Å². The molecule has 0 aliphatic carbocycles. The molecule has 0 fully saturated rings. The van der Waals surface area contributed by atoms with Crippen LogP contribution in [0.4, 0.5) is 0 Å². The second kappa shape index (κ2) is 15.3. The van der Waals surface area contributed by atoms with Gasteiger partial charge < -0.3 is 9.13 Å². The molecule has 0 spiro atoms. The van der Waals surface area contributed by atoms with Crippen LogP contribution >= 0.6 is 0 Å². The first-order valence-electron chi connectivity index (χ1n) is 21.5. The Labute approximate surface area is 370 Å². The number of hydrogen-bond donors (Lipinski definition) is 0. The van der Waals surface area contributed by atoms with Gasteiger partial charge in [0, 0.05) is 49.6 Å². The molecule has 0 amide bonds. The number of aromatic nitrogens is 4. The van der Waals surface area contributed by atoms with Crippen molar-refractivity contribution in [1.29, 1.82) is 5.26 Å². The summed E-state index contributed by atoms with van der Waals surface area (Å²) in [6.07, 6.45) is 0. The first-order valence-corrected chi connectivity index (χ1v) is 21.5. The summed E-state index contributed by atoms with van der Waals surface area (Å²) in [6, 6.07) is 80.8. The molecule has 0 aliphatic heterocycles. The van der Waals surface area contributed by atoms with Crippen molar-refractivity contribution in [1.82, 2.24) is 19.1 Å². The Bertz CT molecular complexity index is 3650. The van der Waals surface area contributed by atoms with Gasteiger partial charge in [-0.15, -0.1) is 0 Å². The van der Waals surface area contributed by atoms with Crippen molar-refractivity contribution in [2.45, 2.75) is 0 Å². The zero-order valence-corrected chi connectivity index (χ0v) is 34.6. The Morgan fingerprint density at radius 2 is 0.781 bits per heavy atom. The average Bonchev–Trinajstić information content (AvgIpc) is 3.89. The van der Waals surface area contributed by atoms with Gasteiger partial charge in [-0.3, -0.25) is 0 Å². The largest absolute Gasteiger partial charge is 0.309 e. The van der Waals surface area contributed by atoms with Crippen molar-refractivity contribution >= 4 is 43.6 Å². The highest BCUT2D eigenvalue weighted by Crippen LogP contribution is 2.38. The van der Waals surface area contributed by atoms with E-state index in [0.29, 0.717) is 11.4 Å². The van der Waals surface area contributed by atoms with Crippen LogP contribution in [-0.4, -0.2) is 19.1 Å². The molecule has 0 N–H and O–H groups in total. The second-order valence-electron chi connectivity index (χ2n) is 16.1. The highest BCUT2D eigenvalue weighted by atomic mass is 15.0. The first kappa shape index (κ1) is 37.0. The standard InChI is InChI=1S/C59H37N5/c60-38-45-35-44(54-37-53(42-13-3-1-4-14-42)61-59(62-54)43-15-5-2-6-16-43)29-33-48(45)41-25-23-39(24-26-41)40-27-30-46(31-28-40)63-57-22-12-9-19-51(57)52-36-47(32-34-58(52)63)64-55-20-10-7-17-49(55)50-18-8-11-21-56(50)64/h1-37H. The lowest BCUT2D eigenvalue weighted by atomic mass is 9.95. The Kier molecular flexibility index (Phi) is 8.81. The van der Waals surface area contributed by atoms with Crippen LogP contribution in [0.1, 0.15) is 5.56 Å². The highest BCUT2D eigenvalue weighted by Gasteiger charge is 2.17. The quantitative estimate of drug-likeness (QED) is 0.161. The summed E-state index contributed by atoms with van der Waals surface area (Å²) in [7, 11) is 0. The zero-order chi connectivity index (χ0) is 42.6. The molecular weight excluding hydrogens is 779 g/mol. The monoisotopic (exact) mass is 815 g/mol. The van der Waals surface area contributed by atoms with Crippen molar-refractivity contribution < 1.29 is 0 Å². The lowest BCUT2D eigenvalue weighted by Crippen LogP contribution is -1.96. The fraction of sp³-hybridized carbons (Fsp3) is 0. The Morgan fingerprint density at radius 1 is 0.328 bits per heavy atom. The predicted octanol–water partition coefficient (Wildman–Crippen LogP) is 14.9. The van der Waals surface area contributed by atoms with Gasteiger partial charge in [-0.25, -0.2) is 9.97 Å². The lowest BCUT2D eigenvalue weighted by Gasteiger charge is -2.12. The fourth-order valence-corrected chi connectivity index (χ4v) is 9.34. The van der Waals surface area contributed by atoms with Gasteiger partial charge in [-0.05, 0) is 82.9 Å². The van der Waals surface area contributed by atoms with Crippen molar-refractivity contribution in [2.75, 3.05) is 0 Å². The minimum absolute atomic E-state index is 0.587. The van der Waals surface area contributed by atoms with Crippen LogP contribution in [-0.2, 0) is 0 Å². The third-order valence-electron chi connectivity index (χ3n) is 12.4. The molecule has 12 aromatic rings. The van der Waals surface area contributed by atoms with Gasteiger partial charge in [-0.1, -0.05) is 164 Å². The van der Waals surface area contributed by atoms with Gasteiger partial charge in [0.2, 0.25) is 0 Å². The maximum Gasteiger partial charge on any atom is 0.160 e. The van der Waals surface area contributed by atoms with E-state index < -0.39 is 0 Å². The van der Waals surface area contributed by atoms with Gasteiger partial charge in [0.05, 0.1) is 45.1 Å². The van der Waals surface area contributed by atoms with Gasteiger partial charge >= 0.3 is 0 Å². The summed E-state index contributed by atoms with van der Waals surface area (Å²) in [6.45, 7) is 0. The summed E-state index contributed by atoms with van der Waals surface area (Å²) in [5.41, 5.74) is 16.0. The van der Waals surface area contributed by atoms with E-state index in [0.717, 1.165) is 67.2 Å². The topological polar surface area (TPSA) is 59.4 Å². The van der Waals surface area contributed by atoms with Crippen LogP contribution < -0.4 is 0 Å². The molecule has 3 heterocycles. The highest BCUT2D eigenvalue weighted by molar-refractivity contribution is 6.12. The fourth-order valence-electron chi connectivity index (χ4n) is 9.34. The normalized spacial score (nSPS) is 11.4. The molecule has 298 valence electrons. The van der Waals surface area contributed by atoms with E-state index in [2.05, 4.69) is 173 Å². The summed E-state index contributed by atoms with van der Waals surface area (Å²) in [5, 5.41) is 15.4. The number of nitriles is 1. The number of benzene rings is 9. The van der Waals surface area contributed by atoms with Gasteiger partial charge in [0.25, 0.3) is 0 Å². The van der Waals surface area contributed by atoms with E-state index in [-0.39, 0.29) is 0 Å². The minimum atomic E-state index is 0.587. The molecule has 12 rings (SSSR count). The molecule has 0 atom stereocenters. The summed E-state index contributed by atoms with van der Waals surface area (Å²) in [4.78, 5) is 9.91. The molecule has 5 nitrogen and oxygen atoms in total. The average molecular weight is 816 g/mol. The van der Waals surface area contributed by atoms with E-state index in [4.69, 9.17) is 9.97 Å². The summed E-state index contributed by atoms with van der Waals surface area (Å²) < 4.78 is 4.75. The van der Waals surface area contributed by atoms with Crippen LogP contribution in [0.5, 0.6) is 0 Å². The number of fused-ring (bicyclic) bond motifs is 6. The van der Waals surface area contributed by atoms with Crippen molar-refractivity contribution in [2.24, 2.45) is 0 Å². The van der Waals surface area contributed by atoms with Crippen LogP contribution in [0.3, 0.4) is 0 Å². The van der Waals surface area contributed by atoms with Crippen LogP contribution in [0.2, 0.25) is 0 Å². The maximum atomic E-state index is 10.4. The van der Waals surface area contributed by atoms with Gasteiger partial charge in [0.15, 0.2) is 5.82 Å². The zero-order valence-electron chi connectivity index (χ0n) is 34.6. The lowest BCUT2D eigenvalue weighted by molar-refractivity contribution is 1.17. The molecule has 0 saturated heterocycles. The predicted molar refractivity (Wildman–Crippen MR) is 263 cm³/mol. The van der Waals surface area contributed by atoms with Crippen LogP contribution in [0.25, 0.3) is 111 Å². The Hall–Kier alpha value is -8.85. The molecule has 64 heavy (non-hydrogen) atoms. The molecule has 5 heteroatoms. The molecule has 0 bridgehead atoms. The first-order chi connectivity index (χ1) is 31.7. The van der Waals surface area contributed by atoms with Gasteiger partial charge in [-0.2, -0.15) is 5.26 Å². The van der Waals surface area contributed by atoms with E-state index in [1.807, 2.05) is 66.7 Å². The molecular formula is C59H37N5. The number of nitrogens with zero attached hydrogens (tertiary/aromatic N) is 5. The smallest absolute Gasteiger partial charge is 0.160 e. The molecule has 0 unspecified atom stereocenters. The second-order valence-corrected chi connectivity index (χ2v) is 16.1. The maximum absolute atomic E-state index is 10.4. The van der Waals surface area contributed by atoms with Crippen LogP contribution in [0, 0.1) is 11.3 Å². The third-order valence-corrected chi connectivity index (χ3v) is 12.4. The summed E-state index contributed by atoms with van der Waals surface area (Å²) in [5.74, 6) is 0.642. The molecule has 0 aliphatic rings.